The van der Waals surface area contributed by atoms with Crippen LogP contribution in [0.5, 0.6) is 0 Å². The maximum Gasteiger partial charge on any atom is 0.315 e. The van der Waals surface area contributed by atoms with Crippen molar-refractivity contribution in [1.82, 2.24) is 10.6 Å². The minimum Gasteiger partial charge on any atom is -0.481 e. The molecule has 0 heterocycles. The highest BCUT2D eigenvalue weighted by atomic mass is 16.4. The Morgan fingerprint density at radius 3 is 2.52 bits per heavy atom. The van der Waals surface area contributed by atoms with Crippen LogP contribution in [0.3, 0.4) is 0 Å². The van der Waals surface area contributed by atoms with Crippen molar-refractivity contribution in [1.29, 1.82) is 0 Å². The van der Waals surface area contributed by atoms with Crippen LogP contribution >= 0.6 is 0 Å². The average molecular weight is 368 g/mol. The van der Waals surface area contributed by atoms with E-state index in [-0.39, 0.29) is 12.5 Å². The zero-order chi connectivity index (χ0) is 19.2. The monoisotopic (exact) mass is 368 g/mol. The van der Waals surface area contributed by atoms with Gasteiger partial charge in [-0.15, -0.1) is 0 Å². The van der Waals surface area contributed by atoms with E-state index in [1.54, 1.807) is 0 Å². The fourth-order valence-corrected chi connectivity index (χ4v) is 3.54. The number of nitrogens with one attached hydrogen (secondary N) is 2. The van der Waals surface area contributed by atoms with E-state index in [0.29, 0.717) is 19.3 Å². The standard InChI is InChI=1S/C21H24N2O4/c24-18-13-15-8-4-5-9-17(15)20(18)23-21(27)22-16(10-11-19(25)26)12-14-6-2-1-3-7-14/h1-9,16,18,20,24H,10-13H2,(H,25,26)(H2,22,23,27)/t16?,18-,20+/m1/s1. The molecule has 3 rings (SSSR count). The van der Waals surface area contributed by atoms with Crippen molar-refractivity contribution in [2.75, 3.05) is 0 Å². The van der Waals surface area contributed by atoms with Crippen molar-refractivity contribution in [2.24, 2.45) is 0 Å². The smallest absolute Gasteiger partial charge is 0.315 e. The summed E-state index contributed by atoms with van der Waals surface area (Å²) in [5.41, 5.74) is 2.98. The Balaban J connectivity index is 1.64. The summed E-state index contributed by atoms with van der Waals surface area (Å²) in [4.78, 5) is 23.5. The number of hydrogen-bond acceptors (Lipinski definition) is 3. The Morgan fingerprint density at radius 2 is 1.78 bits per heavy atom. The Hall–Kier alpha value is -2.86. The van der Waals surface area contributed by atoms with Crippen LogP contribution < -0.4 is 10.6 Å². The van der Waals surface area contributed by atoms with E-state index in [1.165, 1.54) is 0 Å². The third-order valence-corrected chi connectivity index (χ3v) is 4.86. The van der Waals surface area contributed by atoms with Crippen LogP contribution in [0.1, 0.15) is 35.6 Å². The zero-order valence-corrected chi connectivity index (χ0v) is 15.0. The SMILES string of the molecule is O=C(O)CCC(Cc1ccccc1)NC(=O)N[C@H]1c2ccccc2C[C@H]1O. The van der Waals surface area contributed by atoms with Gasteiger partial charge in [-0.2, -0.15) is 0 Å². The van der Waals surface area contributed by atoms with Gasteiger partial charge in [0, 0.05) is 18.9 Å². The third kappa shape index (κ3) is 5.08. The molecule has 0 aliphatic heterocycles. The minimum absolute atomic E-state index is 0.0212. The van der Waals surface area contributed by atoms with Gasteiger partial charge in [0.25, 0.3) is 0 Å². The number of rotatable bonds is 7. The molecule has 6 nitrogen and oxygen atoms in total. The molecule has 0 saturated carbocycles. The van der Waals surface area contributed by atoms with Crippen LogP contribution in [0.4, 0.5) is 4.79 Å². The van der Waals surface area contributed by atoms with Crippen molar-refractivity contribution in [3.63, 3.8) is 0 Å². The number of carbonyl (C=O) groups excluding carboxylic acids is 1. The second-order valence-corrected chi connectivity index (χ2v) is 6.88. The van der Waals surface area contributed by atoms with Gasteiger partial charge in [-0.3, -0.25) is 4.79 Å². The lowest BCUT2D eigenvalue weighted by Gasteiger charge is -2.22. The van der Waals surface area contributed by atoms with Crippen molar-refractivity contribution in [3.8, 4) is 0 Å². The number of carboxylic acid groups (broad SMARTS) is 1. The van der Waals surface area contributed by atoms with E-state index in [9.17, 15) is 14.7 Å². The molecule has 0 aromatic heterocycles. The predicted octanol–water partition coefficient (Wildman–Crippen LogP) is 2.42. The Bertz CT molecular complexity index is 794. The Kier molecular flexibility index (Phi) is 6.08. The summed E-state index contributed by atoms with van der Waals surface area (Å²) in [6.07, 6.45) is 0.701. The summed E-state index contributed by atoms with van der Waals surface area (Å²) in [5.74, 6) is -0.893. The second-order valence-electron chi connectivity index (χ2n) is 6.88. The lowest BCUT2D eigenvalue weighted by molar-refractivity contribution is -0.137. The first-order valence-electron chi connectivity index (χ1n) is 9.11. The van der Waals surface area contributed by atoms with Gasteiger partial charge >= 0.3 is 12.0 Å². The summed E-state index contributed by atoms with van der Waals surface area (Å²) in [6.45, 7) is 0. The van der Waals surface area contributed by atoms with Crippen LogP contribution in [0, 0.1) is 0 Å². The van der Waals surface area contributed by atoms with Crippen molar-refractivity contribution < 1.29 is 19.8 Å². The fourth-order valence-electron chi connectivity index (χ4n) is 3.54. The molecule has 0 bridgehead atoms. The minimum atomic E-state index is -0.893. The molecule has 0 fully saturated rings. The van der Waals surface area contributed by atoms with Gasteiger partial charge in [0.2, 0.25) is 0 Å². The molecule has 2 amide bonds. The molecule has 6 heteroatoms. The first kappa shape index (κ1) is 18.9. The number of carbonyl (C=O) groups is 2. The normalized spacial score (nSPS) is 19.1. The van der Waals surface area contributed by atoms with Crippen molar-refractivity contribution in [2.45, 2.75) is 43.9 Å². The Morgan fingerprint density at radius 1 is 1.07 bits per heavy atom. The number of carboxylic acids is 1. The summed E-state index contributed by atoms with van der Waals surface area (Å²) < 4.78 is 0. The maximum atomic E-state index is 12.5. The molecular weight excluding hydrogens is 344 g/mol. The third-order valence-electron chi connectivity index (χ3n) is 4.86. The first-order chi connectivity index (χ1) is 13.0. The number of benzene rings is 2. The van der Waals surface area contributed by atoms with Crippen molar-refractivity contribution in [3.05, 3.63) is 71.3 Å². The molecule has 1 unspecified atom stereocenters. The molecule has 0 spiro atoms. The molecule has 1 aliphatic rings. The summed E-state index contributed by atoms with van der Waals surface area (Å²) in [5, 5.41) is 25.0. The molecular formula is C21H24N2O4. The quantitative estimate of drug-likeness (QED) is 0.603. The molecule has 2 aromatic rings. The predicted molar refractivity (Wildman–Crippen MR) is 101 cm³/mol. The molecule has 0 radical (unpaired) electrons. The van der Waals surface area contributed by atoms with Crippen LogP contribution in [-0.4, -0.2) is 34.4 Å². The highest BCUT2D eigenvalue weighted by Gasteiger charge is 2.32. The van der Waals surface area contributed by atoms with Gasteiger partial charge in [0.1, 0.15) is 0 Å². The number of aliphatic carboxylic acids is 1. The number of amides is 2. The van der Waals surface area contributed by atoms with E-state index in [4.69, 9.17) is 5.11 Å². The van der Waals surface area contributed by atoms with E-state index in [2.05, 4.69) is 10.6 Å². The summed E-state index contributed by atoms with van der Waals surface area (Å²) in [7, 11) is 0. The lowest BCUT2D eigenvalue weighted by Crippen LogP contribution is -2.46. The molecule has 1 aliphatic carbocycles. The molecule has 4 N–H and O–H groups in total. The van der Waals surface area contributed by atoms with E-state index < -0.39 is 24.1 Å². The highest BCUT2D eigenvalue weighted by molar-refractivity contribution is 5.75. The molecule has 0 saturated heterocycles. The zero-order valence-electron chi connectivity index (χ0n) is 15.0. The van der Waals surface area contributed by atoms with Crippen LogP contribution in [-0.2, 0) is 17.6 Å². The molecule has 142 valence electrons. The first-order valence-corrected chi connectivity index (χ1v) is 9.11. The number of hydrogen-bond donors (Lipinski definition) is 4. The number of urea groups is 1. The average Bonchev–Trinajstić information content (AvgIpc) is 2.96. The summed E-state index contributed by atoms with van der Waals surface area (Å²) >= 11 is 0. The number of fused-ring (bicyclic) bond motifs is 1. The van der Waals surface area contributed by atoms with Gasteiger partial charge < -0.3 is 20.8 Å². The number of aliphatic hydroxyl groups excluding tert-OH is 1. The highest BCUT2D eigenvalue weighted by Crippen LogP contribution is 2.31. The van der Waals surface area contributed by atoms with E-state index in [1.807, 2.05) is 54.6 Å². The van der Waals surface area contributed by atoms with Crippen LogP contribution in [0.2, 0.25) is 0 Å². The summed E-state index contributed by atoms with van der Waals surface area (Å²) in [6, 6.07) is 16.1. The molecule has 27 heavy (non-hydrogen) atoms. The van der Waals surface area contributed by atoms with Gasteiger partial charge in [0.15, 0.2) is 0 Å². The van der Waals surface area contributed by atoms with Gasteiger partial charge in [-0.1, -0.05) is 54.6 Å². The molecule has 2 aromatic carbocycles. The lowest BCUT2D eigenvalue weighted by atomic mass is 10.0. The maximum absolute atomic E-state index is 12.5. The van der Waals surface area contributed by atoms with E-state index >= 15 is 0 Å². The van der Waals surface area contributed by atoms with Crippen molar-refractivity contribution >= 4 is 12.0 Å². The van der Waals surface area contributed by atoms with Gasteiger partial charge in [0.05, 0.1) is 12.1 Å². The topological polar surface area (TPSA) is 98.7 Å². The van der Waals surface area contributed by atoms with Crippen LogP contribution in [0.15, 0.2) is 54.6 Å². The molecule has 3 atom stereocenters. The Labute approximate surface area is 158 Å². The van der Waals surface area contributed by atoms with Gasteiger partial charge in [-0.05, 0) is 29.5 Å². The second kappa shape index (κ2) is 8.68. The van der Waals surface area contributed by atoms with Crippen LogP contribution in [0.25, 0.3) is 0 Å². The number of aliphatic hydroxyl groups is 1. The van der Waals surface area contributed by atoms with E-state index in [0.717, 1.165) is 16.7 Å². The van der Waals surface area contributed by atoms with Gasteiger partial charge in [-0.25, -0.2) is 4.79 Å². The largest absolute Gasteiger partial charge is 0.481 e. The fraction of sp³-hybridized carbons (Fsp3) is 0.333.